The first-order valence-corrected chi connectivity index (χ1v) is 11.0. The molecular weight excluding hydrogens is 416 g/mol. The molecular formula is C24H23ClN2O2S. The van der Waals surface area contributed by atoms with Crippen LogP contribution in [0.5, 0.6) is 5.75 Å². The molecule has 2 aromatic carbocycles. The zero-order valence-electron chi connectivity index (χ0n) is 17.1. The molecule has 154 valence electrons. The van der Waals surface area contributed by atoms with Gasteiger partial charge in [-0.25, -0.2) is 4.68 Å². The first-order valence-electron chi connectivity index (χ1n) is 9.78. The molecule has 2 aromatic heterocycles. The SMILES string of the molecule is CCOc1cccc(-c2ccc(-c3cc(C(C)(C)O)nn3-c3ccccc3Cl)s2)c1. The van der Waals surface area contributed by atoms with Crippen LogP contribution in [0, 0.1) is 0 Å². The minimum Gasteiger partial charge on any atom is -0.494 e. The average Bonchev–Trinajstić information content (AvgIpc) is 3.36. The molecule has 6 heteroatoms. The molecule has 0 fully saturated rings. The summed E-state index contributed by atoms with van der Waals surface area (Å²) in [5.74, 6) is 0.857. The van der Waals surface area contributed by atoms with Crippen molar-refractivity contribution in [2.75, 3.05) is 6.61 Å². The Morgan fingerprint density at radius 3 is 2.53 bits per heavy atom. The van der Waals surface area contributed by atoms with Gasteiger partial charge in [0.15, 0.2) is 0 Å². The Hall–Kier alpha value is -2.60. The van der Waals surface area contributed by atoms with Gasteiger partial charge < -0.3 is 9.84 Å². The summed E-state index contributed by atoms with van der Waals surface area (Å²) < 4.78 is 7.45. The van der Waals surface area contributed by atoms with Gasteiger partial charge in [0, 0.05) is 4.88 Å². The second-order valence-electron chi connectivity index (χ2n) is 7.46. The summed E-state index contributed by atoms with van der Waals surface area (Å²) in [6.07, 6.45) is 0. The minimum absolute atomic E-state index is 0.589. The van der Waals surface area contributed by atoms with Crippen LogP contribution < -0.4 is 4.74 Å². The lowest BCUT2D eigenvalue weighted by Crippen LogP contribution is -2.16. The van der Waals surface area contributed by atoms with Gasteiger partial charge in [-0.2, -0.15) is 5.10 Å². The number of halogens is 1. The van der Waals surface area contributed by atoms with Crippen LogP contribution in [0.2, 0.25) is 5.02 Å². The predicted octanol–water partition coefficient (Wildman–Crippen LogP) is 6.55. The molecule has 1 N–H and O–H groups in total. The maximum absolute atomic E-state index is 10.5. The van der Waals surface area contributed by atoms with Gasteiger partial charge in [0.25, 0.3) is 0 Å². The van der Waals surface area contributed by atoms with E-state index in [1.54, 1.807) is 25.2 Å². The maximum Gasteiger partial charge on any atom is 0.119 e. The largest absolute Gasteiger partial charge is 0.494 e. The lowest BCUT2D eigenvalue weighted by molar-refractivity contribution is 0.0734. The molecule has 0 atom stereocenters. The molecule has 0 unspecified atom stereocenters. The molecule has 0 spiro atoms. The number of thiophene rings is 1. The van der Waals surface area contributed by atoms with E-state index in [-0.39, 0.29) is 0 Å². The number of hydrogen-bond donors (Lipinski definition) is 1. The molecule has 0 radical (unpaired) electrons. The standard InChI is InChI=1S/C24H23ClN2O2S/c1-4-29-17-9-7-8-16(14-17)21-12-13-22(30-21)20-15-23(24(2,3)28)26-27(20)19-11-6-5-10-18(19)25/h5-15,28H,4H2,1-3H3. The Balaban J connectivity index is 1.80. The van der Waals surface area contributed by atoms with E-state index in [1.807, 2.05) is 60.1 Å². The fourth-order valence-electron chi connectivity index (χ4n) is 3.20. The van der Waals surface area contributed by atoms with E-state index < -0.39 is 5.60 Å². The molecule has 0 bridgehead atoms. The summed E-state index contributed by atoms with van der Waals surface area (Å²) >= 11 is 8.12. The third kappa shape index (κ3) is 4.15. The molecule has 4 nitrogen and oxygen atoms in total. The van der Waals surface area contributed by atoms with Crippen molar-refractivity contribution in [3.63, 3.8) is 0 Å². The topological polar surface area (TPSA) is 47.3 Å². The molecule has 0 amide bonds. The Bertz CT molecular complexity index is 1170. The fourth-order valence-corrected chi connectivity index (χ4v) is 4.42. The zero-order chi connectivity index (χ0) is 21.3. The van der Waals surface area contributed by atoms with Crippen molar-refractivity contribution >= 4 is 22.9 Å². The van der Waals surface area contributed by atoms with Crippen molar-refractivity contribution in [1.29, 1.82) is 0 Å². The number of aliphatic hydroxyl groups is 1. The van der Waals surface area contributed by atoms with Crippen LogP contribution >= 0.6 is 22.9 Å². The second kappa shape index (κ2) is 8.26. The van der Waals surface area contributed by atoms with Gasteiger partial charge in [-0.1, -0.05) is 35.9 Å². The molecule has 0 saturated carbocycles. The van der Waals surface area contributed by atoms with Crippen molar-refractivity contribution in [2.24, 2.45) is 0 Å². The first-order chi connectivity index (χ1) is 14.4. The molecule has 0 aliphatic rings. The highest BCUT2D eigenvalue weighted by Crippen LogP contribution is 2.38. The molecule has 4 aromatic rings. The summed E-state index contributed by atoms with van der Waals surface area (Å²) in [6.45, 7) is 6.08. The van der Waals surface area contributed by atoms with Gasteiger partial charge in [0.1, 0.15) is 11.4 Å². The highest BCUT2D eigenvalue weighted by molar-refractivity contribution is 7.18. The van der Waals surface area contributed by atoms with Gasteiger partial charge in [-0.3, -0.25) is 0 Å². The van der Waals surface area contributed by atoms with E-state index in [0.717, 1.165) is 32.4 Å². The van der Waals surface area contributed by atoms with Gasteiger partial charge in [0.2, 0.25) is 0 Å². The third-order valence-electron chi connectivity index (χ3n) is 4.70. The van der Waals surface area contributed by atoms with E-state index >= 15 is 0 Å². The number of para-hydroxylation sites is 1. The number of ether oxygens (including phenoxy) is 1. The Kier molecular flexibility index (Phi) is 5.69. The zero-order valence-corrected chi connectivity index (χ0v) is 18.7. The van der Waals surface area contributed by atoms with E-state index in [1.165, 1.54) is 0 Å². The summed E-state index contributed by atoms with van der Waals surface area (Å²) in [5, 5.41) is 15.8. The van der Waals surface area contributed by atoms with Crippen molar-refractivity contribution in [2.45, 2.75) is 26.4 Å². The molecule has 30 heavy (non-hydrogen) atoms. The number of rotatable bonds is 6. The lowest BCUT2D eigenvalue weighted by atomic mass is 10.1. The Morgan fingerprint density at radius 2 is 1.80 bits per heavy atom. The summed E-state index contributed by atoms with van der Waals surface area (Å²) in [4.78, 5) is 2.16. The fraction of sp³-hybridized carbons (Fsp3) is 0.208. The third-order valence-corrected chi connectivity index (χ3v) is 6.18. The quantitative estimate of drug-likeness (QED) is 0.371. The molecule has 0 aliphatic carbocycles. The molecule has 4 rings (SSSR count). The van der Waals surface area contributed by atoms with E-state index in [9.17, 15) is 5.11 Å². The van der Waals surface area contributed by atoms with Gasteiger partial charge >= 0.3 is 0 Å². The van der Waals surface area contributed by atoms with Crippen molar-refractivity contribution in [1.82, 2.24) is 9.78 Å². The van der Waals surface area contributed by atoms with Crippen LogP contribution in [0.15, 0.2) is 66.7 Å². The lowest BCUT2D eigenvalue weighted by Gasteiger charge is -2.13. The highest BCUT2D eigenvalue weighted by atomic mass is 35.5. The van der Waals surface area contributed by atoms with Crippen molar-refractivity contribution < 1.29 is 9.84 Å². The molecule has 0 saturated heterocycles. The van der Waals surface area contributed by atoms with Crippen LogP contribution in [-0.4, -0.2) is 21.5 Å². The molecule has 0 aliphatic heterocycles. The normalized spacial score (nSPS) is 11.6. The highest BCUT2D eigenvalue weighted by Gasteiger charge is 2.24. The summed E-state index contributed by atoms with van der Waals surface area (Å²) in [7, 11) is 0. The summed E-state index contributed by atoms with van der Waals surface area (Å²) in [6, 6.07) is 21.8. The number of benzene rings is 2. The summed E-state index contributed by atoms with van der Waals surface area (Å²) in [5.41, 5.74) is 2.29. The number of aromatic nitrogens is 2. The molecule has 2 heterocycles. The Labute approximate surface area is 185 Å². The smallest absolute Gasteiger partial charge is 0.119 e. The first kappa shape index (κ1) is 20.7. The van der Waals surface area contributed by atoms with Crippen molar-refractivity contribution in [3.8, 4) is 32.4 Å². The van der Waals surface area contributed by atoms with Crippen LogP contribution in [0.25, 0.3) is 26.7 Å². The van der Waals surface area contributed by atoms with E-state index in [4.69, 9.17) is 16.3 Å². The second-order valence-corrected chi connectivity index (χ2v) is 8.95. The van der Waals surface area contributed by atoms with E-state index in [0.29, 0.717) is 17.3 Å². The maximum atomic E-state index is 10.5. The predicted molar refractivity (Wildman–Crippen MR) is 124 cm³/mol. The number of nitrogens with zero attached hydrogens (tertiary/aromatic N) is 2. The van der Waals surface area contributed by atoms with Crippen LogP contribution in [0.3, 0.4) is 0 Å². The van der Waals surface area contributed by atoms with Crippen LogP contribution in [0.1, 0.15) is 26.5 Å². The van der Waals surface area contributed by atoms with E-state index in [2.05, 4.69) is 23.3 Å². The average molecular weight is 439 g/mol. The minimum atomic E-state index is -1.06. The Morgan fingerprint density at radius 1 is 1.03 bits per heavy atom. The van der Waals surface area contributed by atoms with Gasteiger partial charge in [0.05, 0.1) is 33.6 Å². The number of hydrogen-bond acceptors (Lipinski definition) is 4. The monoisotopic (exact) mass is 438 g/mol. The van der Waals surface area contributed by atoms with Gasteiger partial charge in [-0.05, 0) is 68.8 Å². The van der Waals surface area contributed by atoms with Crippen LogP contribution in [-0.2, 0) is 5.60 Å². The van der Waals surface area contributed by atoms with Gasteiger partial charge in [-0.15, -0.1) is 11.3 Å². The van der Waals surface area contributed by atoms with Crippen LogP contribution in [0.4, 0.5) is 0 Å². The van der Waals surface area contributed by atoms with Crippen molar-refractivity contribution in [3.05, 3.63) is 77.4 Å².